The molecule has 0 aliphatic heterocycles. The van der Waals surface area contributed by atoms with Crippen molar-refractivity contribution in [2.24, 2.45) is 5.73 Å². The number of hydrogen-bond acceptors (Lipinski definition) is 6. The van der Waals surface area contributed by atoms with Crippen LogP contribution in [0.25, 0.3) is 0 Å². The minimum absolute atomic E-state index is 0.0922. The van der Waals surface area contributed by atoms with E-state index >= 15 is 0 Å². The molecule has 8 nitrogen and oxygen atoms in total. The van der Waals surface area contributed by atoms with E-state index in [0.717, 1.165) is 38.5 Å². The first-order chi connectivity index (χ1) is 26.9. The van der Waals surface area contributed by atoms with E-state index in [4.69, 9.17) is 14.8 Å². The molecule has 9 heteroatoms. The predicted octanol–water partition coefficient (Wildman–Crippen LogP) is 13.8. The van der Waals surface area contributed by atoms with Crippen LogP contribution in [0.3, 0.4) is 0 Å². The van der Waals surface area contributed by atoms with E-state index in [1.807, 2.05) is 0 Å². The number of nitrogens with two attached hydrogens (primary N) is 1. The average molecular weight is 803 g/mol. The highest BCUT2D eigenvalue weighted by molar-refractivity contribution is 7.47. The lowest BCUT2D eigenvalue weighted by Gasteiger charge is -2.25. The molecule has 330 valence electrons. The van der Waals surface area contributed by atoms with Gasteiger partial charge in [0.1, 0.15) is 0 Å². The zero-order valence-electron chi connectivity index (χ0n) is 36.7. The Morgan fingerprint density at radius 1 is 0.527 bits per heavy atom. The SMILES string of the molecule is CCCCCCCCCCCCCCCCCCCCCCCCCCCCCC(=O)N[C@@H](COP(=O)(O)OCCN)[C@H](O)CCCCCCCCCCC. The largest absolute Gasteiger partial charge is 0.472 e. The molecule has 0 aromatic heterocycles. The lowest BCUT2D eigenvalue weighted by molar-refractivity contribution is -0.123. The molecule has 0 rings (SSSR count). The number of rotatable bonds is 46. The average Bonchev–Trinajstić information content (AvgIpc) is 3.17. The van der Waals surface area contributed by atoms with Crippen LogP contribution in [0, 0.1) is 0 Å². The zero-order valence-corrected chi connectivity index (χ0v) is 37.6. The number of phosphoric acid groups is 1. The number of nitrogens with one attached hydrogen (secondary N) is 1. The maximum atomic E-state index is 12.8. The third-order valence-electron chi connectivity index (χ3n) is 11.2. The molecule has 1 amide bonds. The van der Waals surface area contributed by atoms with Crippen LogP contribution in [-0.2, 0) is 18.4 Å². The number of phosphoric ester groups is 1. The van der Waals surface area contributed by atoms with Gasteiger partial charge in [0.15, 0.2) is 0 Å². The molecule has 1 unspecified atom stereocenters. The Kier molecular flexibility index (Phi) is 42.7. The summed E-state index contributed by atoms with van der Waals surface area (Å²) in [6, 6.07) is -0.766. The number of amides is 1. The van der Waals surface area contributed by atoms with Gasteiger partial charge in [-0.3, -0.25) is 13.8 Å². The summed E-state index contributed by atoms with van der Waals surface area (Å²) in [5.41, 5.74) is 5.37. The Bertz CT molecular complexity index is 834. The van der Waals surface area contributed by atoms with E-state index < -0.39 is 20.0 Å². The lowest BCUT2D eigenvalue weighted by atomic mass is 10.0. The van der Waals surface area contributed by atoms with Crippen molar-refractivity contribution in [1.29, 1.82) is 0 Å². The van der Waals surface area contributed by atoms with Gasteiger partial charge in [0.25, 0.3) is 0 Å². The maximum Gasteiger partial charge on any atom is 0.472 e. The van der Waals surface area contributed by atoms with Gasteiger partial charge in [0.2, 0.25) is 5.91 Å². The first-order valence-corrected chi connectivity index (χ1v) is 25.6. The monoisotopic (exact) mass is 803 g/mol. The molecular formula is C46H95N2O6P. The molecule has 0 spiro atoms. The number of carbonyl (C=O) groups is 1. The molecule has 0 aliphatic carbocycles. The number of unbranched alkanes of at least 4 members (excludes halogenated alkanes) is 34. The van der Waals surface area contributed by atoms with Crippen LogP contribution in [0.4, 0.5) is 0 Å². The highest BCUT2D eigenvalue weighted by Gasteiger charge is 2.27. The quantitative estimate of drug-likeness (QED) is 0.0356. The Balaban J connectivity index is 3.82. The van der Waals surface area contributed by atoms with E-state index in [9.17, 15) is 19.4 Å². The Labute approximate surface area is 342 Å². The van der Waals surface area contributed by atoms with Crippen LogP contribution in [0.15, 0.2) is 0 Å². The summed E-state index contributed by atoms with van der Waals surface area (Å²) >= 11 is 0. The molecule has 0 saturated carbocycles. The summed E-state index contributed by atoms with van der Waals surface area (Å²) in [7, 11) is -4.30. The van der Waals surface area contributed by atoms with E-state index in [2.05, 4.69) is 19.2 Å². The third kappa shape index (κ3) is 41.5. The second-order valence-electron chi connectivity index (χ2n) is 16.7. The van der Waals surface area contributed by atoms with Crippen molar-refractivity contribution in [3.05, 3.63) is 0 Å². The van der Waals surface area contributed by atoms with Crippen LogP contribution in [0.2, 0.25) is 0 Å². The van der Waals surface area contributed by atoms with E-state index in [0.29, 0.717) is 12.8 Å². The van der Waals surface area contributed by atoms with Crippen LogP contribution >= 0.6 is 7.82 Å². The fraction of sp³-hybridized carbons (Fsp3) is 0.978. The number of aliphatic hydroxyl groups excluding tert-OH is 1. The molecule has 0 aliphatic rings. The molecule has 5 N–H and O–H groups in total. The van der Waals surface area contributed by atoms with Crippen molar-refractivity contribution in [3.8, 4) is 0 Å². The smallest absolute Gasteiger partial charge is 0.391 e. The van der Waals surface area contributed by atoms with Crippen LogP contribution in [-0.4, -0.2) is 47.8 Å². The summed E-state index contributed by atoms with van der Waals surface area (Å²) in [5, 5.41) is 13.7. The molecule has 0 aromatic rings. The maximum absolute atomic E-state index is 12.8. The van der Waals surface area contributed by atoms with Gasteiger partial charge in [0, 0.05) is 13.0 Å². The summed E-state index contributed by atoms with van der Waals surface area (Å²) in [6.07, 6.45) is 47.2. The topological polar surface area (TPSA) is 131 Å². The molecule has 0 aromatic carbocycles. The fourth-order valence-electron chi connectivity index (χ4n) is 7.55. The van der Waals surface area contributed by atoms with Gasteiger partial charge in [-0.15, -0.1) is 0 Å². The highest BCUT2D eigenvalue weighted by atomic mass is 31.2. The summed E-state index contributed by atoms with van der Waals surface area (Å²) in [6.45, 7) is 4.22. The standard InChI is InChI=1S/C46H95N2O6P/c1-3-5-7-9-11-13-14-15-16-17-18-19-20-21-22-23-24-25-26-27-28-29-30-32-34-36-38-40-46(50)48-44(43-54-55(51,52)53-42-41-47)45(49)39-37-35-33-31-12-10-8-6-4-2/h44-45,49H,3-43,47H2,1-2H3,(H,48,50)(H,51,52)/t44-,45+/m0/s1. The summed E-state index contributed by atoms with van der Waals surface area (Å²) in [4.78, 5) is 22.7. The van der Waals surface area contributed by atoms with Gasteiger partial charge in [-0.2, -0.15) is 0 Å². The summed E-state index contributed by atoms with van der Waals surface area (Å²) < 4.78 is 22.1. The van der Waals surface area contributed by atoms with Crippen molar-refractivity contribution in [1.82, 2.24) is 5.32 Å². The second-order valence-corrected chi connectivity index (χ2v) is 18.1. The van der Waals surface area contributed by atoms with Crippen molar-refractivity contribution < 1.29 is 28.4 Å². The van der Waals surface area contributed by atoms with E-state index in [1.54, 1.807) is 0 Å². The van der Waals surface area contributed by atoms with Gasteiger partial charge in [0.05, 0.1) is 25.4 Å². The normalized spacial score (nSPS) is 13.9. The third-order valence-corrected chi connectivity index (χ3v) is 12.2. The van der Waals surface area contributed by atoms with Gasteiger partial charge >= 0.3 is 7.82 Å². The minimum Gasteiger partial charge on any atom is -0.391 e. The molecule has 0 radical (unpaired) electrons. The fourth-order valence-corrected chi connectivity index (χ4v) is 8.31. The molecule has 0 bridgehead atoms. The van der Waals surface area contributed by atoms with Crippen molar-refractivity contribution in [3.63, 3.8) is 0 Å². The molecule has 55 heavy (non-hydrogen) atoms. The number of aliphatic hydroxyl groups is 1. The highest BCUT2D eigenvalue weighted by Crippen LogP contribution is 2.43. The first-order valence-electron chi connectivity index (χ1n) is 24.2. The van der Waals surface area contributed by atoms with Crippen LogP contribution < -0.4 is 11.1 Å². The lowest BCUT2D eigenvalue weighted by Crippen LogP contribution is -2.46. The predicted molar refractivity (Wildman–Crippen MR) is 236 cm³/mol. The van der Waals surface area contributed by atoms with Gasteiger partial charge in [-0.05, 0) is 12.8 Å². The van der Waals surface area contributed by atoms with Crippen LogP contribution in [0.1, 0.15) is 258 Å². The van der Waals surface area contributed by atoms with Crippen molar-refractivity contribution >= 4 is 13.7 Å². The summed E-state index contributed by atoms with van der Waals surface area (Å²) in [5.74, 6) is -0.157. The number of carbonyl (C=O) groups excluding carboxylic acids is 1. The molecule has 0 saturated heterocycles. The Morgan fingerprint density at radius 3 is 1.16 bits per heavy atom. The van der Waals surface area contributed by atoms with E-state index in [1.165, 1.54) is 193 Å². The molecule has 3 atom stereocenters. The number of hydrogen-bond donors (Lipinski definition) is 4. The Morgan fingerprint density at radius 2 is 0.836 bits per heavy atom. The van der Waals surface area contributed by atoms with Crippen molar-refractivity contribution in [2.75, 3.05) is 19.8 Å². The second kappa shape index (κ2) is 43.1. The Hall–Kier alpha value is -0.500. The molecular weight excluding hydrogens is 707 g/mol. The van der Waals surface area contributed by atoms with Crippen molar-refractivity contribution in [2.45, 2.75) is 270 Å². The first kappa shape index (κ1) is 54.5. The minimum atomic E-state index is -4.30. The van der Waals surface area contributed by atoms with Gasteiger partial charge in [-0.1, -0.05) is 239 Å². The molecule has 0 heterocycles. The molecule has 0 fully saturated rings. The van der Waals surface area contributed by atoms with Crippen LogP contribution in [0.5, 0.6) is 0 Å². The van der Waals surface area contributed by atoms with Gasteiger partial charge < -0.3 is 21.1 Å². The zero-order chi connectivity index (χ0) is 40.3. The van der Waals surface area contributed by atoms with Gasteiger partial charge in [-0.25, -0.2) is 4.57 Å². The van der Waals surface area contributed by atoms with E-state index in [-0.39, 0.29) is 25.7 Å².